The van der Waals surface area contributed by atoms with E-state index in [4.69, 9.17) is 12.3 Å². The summed E-state index contributed by atoms with van der Waals surface area (Å²) >= 11 is 0. The van der Waals surface area contributed by atoms with E-state index < -0.39 is 33.8 Å². The van der Waals surface area contributed by atoms with Crippen LogP contribution < -0.4 is 0 Å². The second-order valence-corrected chi connectivity index (χ2v) is 24.3. The van der Waals surface area contributed by atoms with Crippen LogP contribution in [0.5, 0.6) is 0 Å². The molecule has 1 aromatic rings. The molecule has 3 nitrogen and oxygen atoms in total. The highest BCUT2D eigenvalue weighted by Gasteiger charge is 2.54. The summed E-state index contributed by atoms with van der Waals surface area (Å²) in [6, 6.07) is 10.3. The molecule has 1 aromatic carbocycles. The lowest BCUT2D eigenvalue weighted by Crippen LogP contribution is -2.63. The van der Waals surface area contributed by atoms with Gasteiger partial charge in [-0.2, -0.15) is 0 Å². The van der Waals surface area contributed by atoms with Crippen LogP contribution >= 0.6 is 0 Å². The van der Waals surface area contributed by atoms with E-state index in [-0.39, 0.29) is 5.54 Å². The van der Waals surface area contributed by atoms with Gasteiger partial charge in [0.15, 0.2) is 0 Å². The maximum absolute atomic E-state index is 6.84. The molecule has 0 radical (unpaired) electrons. The minimum Gasteiger partial charge on any atom is -0.412 e. The van der Waals surface area contributed by atoms with Gasteiger partial charge < -0.3 is 12.3 Å². The first-order valence-electron chi connectivity index (χ1n) is 10.0. The van der Waals surface area contributed by atoms with Gasteiger partial charge in [0, 0.05) is 5.54 Å². The van der Waals surface area contributed by atoms with Gasteiger partial charge in [0.2, 0.25) is 25.0 Å². The van der Waals surface area contributed by atoms with Crippen LogP contribution in [-0.4, -0.2) is 33.8 Å². The molecule has 0 heterocycles. The molecule has 0 aliphatic heterocycles. The molecule has 0 aliphatic rings. The minimum absolute atomic E-state index is 0.0205. The zero-order valence-electron chi connectivity index (χ0n) is 19.2. The molecule has 0 amide bonds. The SMILES string of the molecule is C=C[Si](C)(C)O[Si](O[Si](C)(C)C=C)(O[Si](C)(C)C=C)C(C)/C=C/c1ccccc1. The van der Waals surface area contributed by atoms with Crippen molar-refractivity contribution >= 4 is 39.8 Å². The van der Waals surface area contributed by atoms with Crippen LogP contribution in [0.15, 0.2) is 73.2 Å². The highest BCUT2D eigenvalue weighted by atomic mass is 28.5. The van der Waals surface area contributed by atoms with E-state index in [9.17, 15) is 0 Å². The largest absolute Gasteiger partial charge is 0.477 e. The van der Waals surface area contributed by atoms with Crippen LogP contribution in [0.4, 0.5) is 0 Å². The summed E-state index contributed by atoms with van der Waals surface area (Å²) in [4.78, 5) is 0. The summed E-state index contributed by atoms with van der Waals surface area (Å²) in [7, 11) is -9.71. The fraction of sp³-hybridized carbons (Fsp3) is 0.364. The maximum Gasteiger partial charge on any atom is 0.477 e. The van der Waals surface area contributed by atoms with Crippen LogP contribution in [0.3, 0.4) is 0 Å². The van der Waals surface area contributed by atoms with E-state index in [0.29, 0.717) is 0 Å². The van der Waals surface area contributed by atoms with Crippen molar-refractivity contribution in [2.45, 2.75) is 51.7 Å². The zero-order valence-corrected chi connectivity index (χ0v) is 23.2. The molecule has 160 valence electrons. The summed E-state index contributed by atoms with van der Waals surface area (Å²) in [5.74, 6) is 0. The number of rotatable bonds is 12. The van der Waals surface area contributed by atoms with Crippen LogP contribution in [0.25, 0.3) is 6.08 Å². The minimum atomic E-state index is -3.14. The highest BCUT2D eigenvalue weighted by molar-refractivity contribution is 6.94. The molecule has 7 heteroatoms. The molecule has 0 N–H and O–H groups in total. The fourth-order valence-corrected chi connectivity index (χ4v) is 16.5. The van der Waals surface area contributed by atoms with Crippen molar-refractivity contribution in [1.82, 2.24) is 0 Å². The van der Waals surface area contributed by atoms with Crippen LogP contribution in [0, 0.1) is 0 Å². The van der Waals surface area contributed by atoms with Crippen molar-refractivity contribution in [2.75, 3.05) is 0 Å². The Morgan fingerprint density at radius 1 is 0.724 bits per heavy atom. The number of hydrogen-bond donors (Lipinski definition) is 0. The quantitative estimate of drug-likeness (QED) is 0.317. The van der Waals surface area contributed by atoms with E-state index in [1.807, 2.05) is 35.3 Å². The second-order valence-electron chi connectivity index (χ2n) is 8.89. The number of allylic oxidation sites excluding steroid dienone is 1. The second kappa shape index (κ2) is 10.3. The Balaban J connectivity index is 3.50. The molecule has 29 heavy (non-hydrogen) atoms. The highest BCUT2D eigenvalue weighted by Crippen LogP contribution is 2.36. The lowest BCUT2D eigenvalue weighted by atomic mass is 10.2. The van der Waals surface area contributed by atoms with Gasteiger partial charge in [-0.3, -0.25) is 0 Å². The fourth-order valence-electron chi connectivity index (χ4n) is 2.50. The molecule has 0 aliphatic carbocycles. The van der Waals surface area contributed by atoms with Crippen LogP contribution in [0.1, 0.15) is 12.5 Å². The molecule has 0 saturated heterocycles. The monoisotopic (exact) mass is 462 g/mol. The Hall–Kier alpha value is -1.07. The van der Waals surface area contributed by atoms with Crippen molar-refractivity contribution in [1.29, 1.82) is 0 Å². The van der Waals surface area contributed by atoms with Gasteiger partial charge in [-0.1, -0.05) is 66.5 Å². The van der Waals surface area contributed by atoms with Crippen molar-refractivity contribution in [3.63, 3.8) is 0 Å². The predicted octanol–water partition coefficient (Wildman–Crippen LogP) is 6.87. The van der Waals surface area contributed by atoms with Crippen molar-refractivity contribution in [3.05, 3.63) is 78.8 Å². The smallest absolute Gasteiger partial charge is 0.412 e. The molecule has 0 bridgehead atoms. The molecular weight excluding hydrogens is 425 g/mol. The molecule has 1 atom stereocenters. The normalized spacial score (nSPS) is 14.6. The van der Waals surface area contributed by atoms with Crippen molar-refractivity contribution in [2.24, 2.45) is 0 Å². The topological polar surface area (TPSA) is 27.7 Å². The van der Waals surface area contributed by atoms with Gasteiger partial charge in [-0.15, -0.1) is 19.7 Å². The molecule has 0 saturated carbocycles. The Kier molecular flexibility index (Phi) is 9.22. The molecule has 0 spiro atoms. The summed E-state index contributed by atoms with van der Waals surface area (Å²) in [5, 5.41) is 0. The first kappa shape index (κ1) is 26.0. The van der Waals surface area contributed by atoms with Gasteiger partial charge in [-0.05, 0) is 44.8 Å². The molecular formula is C22H38O3Si4. The number of hydrogen-bond acceptors (Lipinski definition) is 3. The third-order valence-electron chi connectivity index (χ3n) is 4.63. The molecule has 0 aromatic heterocycles. The molecule has 0 fully saturated rings. The Morgan fingerprint density at radius 3 is 1.45 bits per heavy atom. The average Bonchev–Trinajstić information content (AvgIpc) is 2.65. The summed E-state index contributed by atoms with van der Waals surface area (Å²) < 4.78 is 20.5. The first-order chi connectivity index (χ1) is 13.3. The van der Waals surface area contributed by atoms with Crippen LogP contribution in [-0.2, 0) is 12.3 Å². The third-order valence-corrected chi connectivity index (χ3v) is 18.6. The summed E-state index contributed by atoms with van der Waals surface area (Å²) in [6.45, 7) is 27.0. The van der Waals surface area contributed by atoms with Gasteiger partial charge in [0.25, 0.3) is 0 Å². The van der Waals surface area contributed by atoms with E-state index in [1.165, 1.54) is 0 Å². The summed E-state index contributed by atoms with van der Waals surface area (Å²) in [5.41, 5.74) is 6.95. The van der Waals surface area contributed by atoms with E-state index in [2.05, 4.69) is 90.2 Å². The van der Waals surface area contributed by atoms with E-state index in [0.717, 1.165) is 5.56 Å². The van der Waals surface area contributed by atoms with E-state index >= 15 is 0 Å². The van der Waals surface area contributed by atoms with Gasteiger partial charge in [-0.25, -0.2) is 0 Å². The maximum atomic E-state index is 6.84. The molecule has 1 unspecified atom stereocenters. The first-order valence-corrected chi connectivity index (χ1v) is 20.8. The third kappa shape index (κ3) is 8.29. The van der Waals surface area contributed by atoms with Crippen molar-refractivity contribution in [3.8, 4) is 0 Å². The van der Waals surface area contributed by atoms with Gasteiger partial charge >= 0.3 is 8.80 Å². The van der Waals surface area contributed by atoms with Crippen molar-refractivity contribution < 1.29 is 12.3 Å². The lowest BCUT2D eigenvalue weighted by Gasteiger charge is -2.45. The molecule has 1 rings (SSSR count). The van der Waals surface area contributed by atoms with E-state index in [1.54, 1.807) is 0 Å². The predicted molar refractivity (Wildman–Crippen MR) is 137 cm³/mol. The number of benzene rings is 1. The zero-order chi connectivity index (χ0) is 22.3. The summed E-state index contributed by atoms with van der Waals surface area (Å²) in [6.07, 6.45) is 4.28. The Labute approximate surface area is 182 Å². The van der Waals surface area contributed by atoms with Gasteiger partial charge in [0.1, 0.15) is 0 Å². The Bertz CT molecular complexity index is 672. The average molecular weight is 463 g/mol. The lowest BCUT2D eigenvalue weighted by molar-refractivity contribution is 0.248. The Morgan fingerprint density at radius 2 is 1.10 bits per heavy atom. The van der Waals surface area contributed by atoms with Gasteiger partial charge in [0.05, 0.1) is 0 Å². The standard InChI is InChI=1S/C22H38O3Si4/c1-11-26(5,6)23-29(24-27(7,8)12-2,25-28(9,10)13-3)21(4)19-20-22-17-15-14-16-18-22/h11-21H,1-3H2,4-10H3/b20-19+. The van der Waals surface area contributed by atoms with Crippen LogP contribution in [0.2, 0.25) is 44.8 Å².